The minimum absolute atomic E-state index is 0.0229. The first-order valence-corrected chi connectivity index (χ1v) is 10.2. The first-order valence-electron chi connectivity index (χ1n) is 7.43. The Morgan fingerprint density at radius 1 is 1.48 bits per heavy atom. The second-order valence-electron chi connectivity index (χ2n) is 5.75. The minimum atomic E-state index is -2.99. The topological polar surface area (TPSA) is 105 Å². The molecular weight excluding hydrogens is 340 g/mol. The quantitative estimate of drug-likeness (QED) is 0.698. The van der Waals surface area contributed by atoms with E-state index < -0.39 is 9.84 Å². The van der Waals surface area contributed by atoms with E-state index in [-0.39, 0.29) is 35.2 Å². The highest BCUT2D eigenvalue weighted by molar-refractivity contribution is 7.99. The smallest absolute Gasteiger partial charge is 0.277 e. The normalized spacial score (nSPS) is 21.5. The number of aromatic nitrogens is 2. The van der Waals surface area contributed by atoms with Crippen molar-refractivity contribution in [3.63, 3.8) is 0 Å². The summed E-state index contributed by atoms with van der Waals surface area (Å²) in [5.74, 6) is 0.589. The summed E-state index contributed by atoms with van der Waals surface area (Å²) in [5, 5.41) is 11.0. The Morgan fingerprint density at radius 3 is 2.78 bits per heavy atom. The number of nitrogens with one attached hydrogen (secondary N) is 1. The molecule has 2 atom stereocenters. The summed E-state index contributed by atoms with van der Waals surface area (Å²) in [5.41, 5.74) is 0. The maximum absolute atomic E-state index is 11.9. The molecule has 1 fully saturated rings. The lowest BCUT2D eigenvalue weighted by Gasteiger charge is -2.18. The molecule has 0 aliphatic carbocycles. The third-order valence-corrected chi connectivity index (χ3v) is 6.23. The van der Waals surface area contributed by atoms with Crippen LogP contribution in [0.4, 0.5) is 0 Å². The van der Waals surface area contributed by atoms with Crippen LogP contribution in [0.1, 0.15) is 31.7 Å². The van der Waals surface area contributed by atoms with Crippen molar-refractivity contribution in [2.75, 3.05) is 31.4 Å². The summed E-state index contributed by atoms with van der Waals surface area (Å²) >= 11 is 1.15. The Labute approximate surface area is 140 Å². The lowest BCUT2D eigenvalue weighted by atomic mass is 10.2. The Balaban J connectivity index is 1.82. The molecule has 0 spiro atoms. The number of amides is 1. The SMILES string of the molecule is CC[C@@H](c1nnc(SCC(=O)N[C@H]2CCS(=O)(=O)C2)o1)N(C)C. The molecular formula is C13H22N4O4S2. The van der Waals surface area contributed by atoms with Crippen molar-refractivity contribution < 1.29 is 17.6 Å². The number of rotatable bonds is 7. The van der Waals surface area contributed by atoms with Crippen LogP contribution in [0.15, 0.2) is 9.64 Å². The van der Waals surface area contributed by atoms with Crippen molar-refractivity contribution in [1.29, 1.82) is 0 Å². The highest BCUT2D eigenvalue weighted by Crippen LogP contribution is 2.24. The highest BCUT2D eigenvalue weighted by atomic mass is 32.2. The van der Waals surface area contributed by atoms with Gasteiger partial charge < -0.3 is 9.73 Å². The van der Waals surface area contributed by atoms with Crippen molar-refractivity contribution in [3.05, 3.63) is 5.89 Å². The minimum Gasteiger partial charge on any atom is -0.414 e. The molecule has 0 aromatic carbocycles. The average molecular weight is 362 g/mol. The molecule has 1 aliphatic rings. The maximum Gasteiger partial charge on any atom is 0.277 e. The summed E-state index contributed by atoms with van der Waals surface area (Å²) in [6, 6.07) is -0.237. The van der Waals surface area contributed by atoms with E-state index in [2.05, 4.69) is 15.5 Å². The molecule has 2 heterocycles. The monoisotopic (exact) mass is 362 g/mol. The van der Waals surface area contributed by atoms with Crippen LogP contribution in [0, 0.1) is 0 Å². The zero-order valence-electron chi connectivity index (χ0n) is 13.5. The van der Waals surface area contributed by atoms with Crippen molar-refractivity contribution >= 4 is 27.5 Å². The molecule has 1 amide bonds. The Hall–Kier alpha value is -1.13. The van der Waals surface area contributed by atoms with Crippen LogP contribution in [0.2, 0.25) is 0 Å². The molecule has 8 nitrogen and oxygen atoms in total. The fraction of sp³-hybridized carbons (Fsp3) is 0.769. The molecule has 1 N–H and O–H groups in total. The van der Waals surface area contributed by atoms with Gasteiger partial charge in [-0.05, 0) is 26.9 Å². The number of hydrogen-bond acceptors (Lipinski definition) is 8. The van der Waals surface area contributed by atoms with E-state index in [4.69, 9.17) is 4.42 Å². The Bertz CT molecular complexity index is 644. The molecule has 10 heteroatoms. The number of carbonyl (C=O) groups excluding carboxylic acids is 1. The summed E-state index contributed by atoms with van der Waals surface area (Å²) < 4.78 is 28.3. The van der Waals surface area contributed by atoms with E-state index in [0.29, 0.717) is 17.5 Å². The molecule has 1 aliphatic heterocycles. The van der Waals surface area contributed by atoms with E-state index in [9.17, 15) is 13.2 Å². The van der Waals surface area contributed by atoms with Gasteiger partial charge in [-0.1, -0.05) is 18.7 Å². The highest BCUT2D eigenvalue weighted by Gasteiger charge is 2.29. The van der Waals surface area contributed by atoms with Gasteiger partial charge in [0.05, 0.1) is 23.3 Å². The maximum atomic E-state index is 11.9. The molecule has 0 saturated carbocycles. The zero-order chi connectivity index (χ0) is 17.0. The number of nitrogens with zero attached hydrogens (tertiary/aromatic N) is 3. The number of hydrogen-bond donors (Lipinski definition) is 1. The van der Waals surface area contributed by atoms with Gasteiger partial charge >= 0.3 is 0 Å². The van der Waals surface area contributed by atoms with Gasteiger partial charge in [-0.3, -0.25) is 9.69 Å². The number of thioether (sulfide) groups is 1. The molecule has 1 saturated heterocycles. The van der Waals surface area contributed by atoms with Gasteiger partial charge in [0.15, 0.2) is 9.84 Å². The van der Waals surface area contributed by atoms with E-state index in [1.54, 1.807) is 0 Å². The largest absolute Gasteiger partial charge is 0.414 e. The predicted molar refractivity (Wildman–Crippen MR) is 86.9 cm³/mol. The third kappa shape index (κ3) is 5.18. The third-order valence-electron chi connectivity index (χ3n) is 3.64. The second kappa shape index (κ2) is 7.63. The van der Waals surface area contributed by atoms with Crippen LogP contribution in [0.5, 0.6) is 0 Å². The summed E-state index contributed by atoms with van der Waals surface area (Å²) in [6.07, 6.45) is 1.32. The first-order chi connectivity index (χ1) is 10.8. The summed E-state index contributed by atoms with van der Waals surface area (Å²) in [6.45, 7) is 2.03. The van der Waals surface area contributed by atoms with Gasteiger partial charge in [-0.15, -0.1) is 10.2 Å². The molecule has 130 valence electrons. The van der Waals surface area contributed by atoms with Crippen molar-refractivity contribution in [2.45, 2.75) is 37.1 Å². The second-order valence-corrected chi connectivity index (χ2v) is 8.91. The van der Waals surface area contributed by atoms with Crippen LogP contribution in [0.25, 0.3) is 0 Å². The fourth-order valence-electron chi connectivity index (χ4n) is 2.48. The zero-order valence-corrected chi connectivity index (χ0v) is 15.1. The van der Waals surface area contributed by atoms with Crippen molar-refractivity contribution in [2.24, 2.45) is 0 Å². The van der Waals surface area contributed by atoms with Crippen LogP contribution >= 0.6 is 11.8 Å². The molecule has 1 aromatic heterocycles. The molecule has 0 radical (unpaired) electrons. The van der Waals surface area contributed by atoms with E-state index in [1.807, 2.05) is 25.9 Å². The van der Waals surface area contributed by atoms with E-state index in [0.717, 1.165) is 18.2 Å². The summed E-state index contributed by atoms with van der Waals surface area (Å²) in [4.78, 5) is 13.9. The first kappa shape index (κ1) is 18.2. The van der Waals surface area contributed by atoms with Crippen LogP contribution in [-0.2, 0) is 14.6 Å². The van der Waals surface area contributed by atoms with Crippen LogP contribution in [0.3, 0.4) is 0 Å². The molecule has 0 unspecified atom stereocenters. The molecule has 0 bridgehead atoms. The molecule has 1 aromatic rings. The predicted octanol–water partition coefficient (Wildman–Crippen LogP) is 0.478. The van der Waals surface area contributed by atoms with Gasteiger partial charge in [-0.2, -0.15) is 0 Å². The van der Waals surface area contributed by atoms with E-state index >= 15 is 0 Å². The number of carbonyl (C=O) groups is 1. The van der Waals surface area contributed by atoms with Crippen LogP contribution < -0.4 is 5.32 Å². The lowest BCUT2D eigenvalue weighted by molar-refractivity contribution is -0.119. The van der Waals surface area contributed by atoms with Gasteiger partial charge in [0.25, 0.3) is 5.22 Å². The lowest BCUT2D eigenvalue weighted by Crippen LogP contribution is -2.36. The standard InChI is InChI=1S/C13H22N4O4S2/c1-4-10(17(2)3)12-15-16-13(21-12)22-7-11(18)14-9-5-6-23(19,20)8-9/h9-10H,4-8H2,1-3H3,(H,14,18)/t9-,10-/m0/s1. The summed E-state index contributed by atoms with van der Waals surface area (Å²) in [7, 11) is 0.885. The Morgan fingerprint density at radius 2 is 2.22 bits per heavy atom. The molecule has 23 heavy (non-hydrogen) atoms. The van der Waals surface area contributed by atoms with Crippen LogP contribution in [-0.4, -0.2) is 66.8 Å². The van der Waals surface area contributed by atoms with Gasteiger partial charge in [0.2, 0.25) is 11.8 Å². The van der Waals surface area contributed by atoms with Gasteiger partial charge in [0.1, 0.15) is 0 Å². The fourth-order valence-corrected chi connectivity index (χ4v) is 4.73. The van der Waals surface area contributed by atoms with E-state index in [1.165, 1.54) is 0 Å². The van der Waals surface area contributed by atoms with Crippen molar-refractivity contribution in [1.82, 2.24) is 20.4 Å². The van der Waals surface area contributed by atoms with Gasteiger partial charge in [-0.25, -0.2) is 8.42 Å². The average Bonchev–Trinajstić information content (AvgIpc) is 3.04. The van der Waals surface area contributed by atoms with Gasteiger partial charge in [0, 0.05) is 6.04 Å². The number of sulfone groups is 1. The van der Waals surface area contributed by atoms with Crippen molar-refractivity contribution in [3.8, 4) is 0 Å². The molecule has 2 rings (SSSR count). The Kier molecular flexibility index (Phi) is 6.04.